The number of rotatable bonds is 3. The predicted molar refractivity (Wildman–Crippen MR) is 87.8 cm³/mol. The number of para-hydroxylation sites is 1. The van der Waals surface area contributed by atoms with Crippen molar-refractivity contribution in [1.82, 2.24) is 10.3 Å². The highest BCUT2D eigenvalue weighted by atomic mass is 16.2. The van der Waals surface area contributed by atoms with E-state index < -0.39 is 0 Å². The number of piperidine rings is 1. The molecule has 0 spiro atoms. The molecule has 2 aliphatic rings. The van der Waals surface area contributed by atoms with E-state index in [-0.39, 0.29) is 11.8 Å². The van der Waals surface area contributed by atoms with Crippen LogP contribution in [0, 0.1) is 5.92 Å². The van der Waals surface area contributed by atoms with Gasteiger partial charge in [-0.05, 0) is 43.9 Å². The summed E-state index contributed by atoms with van der Waals surface area (Å²) in [6.45, 7) is 1.82. The summed E-state index contributed by atoms with van der Waals surface area (Å²) in [4.78, 5) is 19.2. The molecule has 0 atom stereocenters. The lowest BCUT2D eigenvalue weighted by Gasteiger charge is -2.32. The molecular formula is C18H21N3O. The molecule has 0 bridgehead atoms. The third-order valence-electron chi connectivity index (χ3n) is 4.70. The van der Waals surface area contributed by atoms with Gasteiger partial charge < -0.3 is 10.2 Å². The van der Waals surface area contributed by atoms with Gasteiger partial charge >= 0.3 is 0 Å². The summed E-state index contributed by atoms with van der Waals surface area (Å²) in [5.74, 6) is 1.46. The van der Waals surface area contributed by atoms with E-state index in [1.807, 2.05) is 12.1 Å². The van der Waals surface area contributed by atoms with Crippen molar-refractivity contribution in [3.63, 3.8) is 0 Å². The second kappa shape index (κ2) is 5.59. The van der Waals surface area contributed by atoms with Crippen molar-refractivity contribution >= 4 is 22.6 Å². The summed E-state index contributed by atoms with van der Waals surface area (Å²) in [6, 6.07) is 12.9. The predicted octanol–water partition coefficient (Wildman–Crippen LogP) is 2.73. The zero-order chi connectivity index (χ0) is 14.9. The first-order valence-electron chi connectivity index (χ1n) is 8.21. The van der Waals surface area contributed by atoms with Crippen LogP contribution in [-0.2, 0) is 4.79 Å². The third kappa shape index (κ3) is 2.78. The Bertz CT molecular complexity index is 688. The molecule has 1 aromatic carbocycles. The van der Waals surface area contributed by atoms with E-state index in [0.717, 1.165) is 50.1 Å². The van der Waals surface area contributed by atoms with Crippen LogP contribution >= 0.6 is 0 Å². The molecular weight excluding hydrogens is 274 g/mol. The number of pyridine rings is 1. The molecule has 1 saturated heterocycles. The molecule has 1 aliphatic heterocycles. The van der Waals surface area contributed by atoms with Crippen molar-refractivity contribution in [3.05, 3.63) is 36.4 Å². The van der Waals surface area contributed by atoms with Gasteiger partial charge in [-0.1, -0.05) is 18.2 Å². The van der Waals surface area contributed by atoms with Gasteiger partial charge in [0.05, 0.1) is 5.52 Å². The fourth-order valence-electron chi connectivity index (χ4n) is 3.15. The van der Waals surface area contributed by atoms with Crippen LogP contribution in [0.1, 0.15) is 25.7 Å². The van der Waals surface area contributed by atoms with Crippen LogP contribution in [-0.4, -0.2) is 30.0 Å². The fraction of sp³-hybridized carbons (Fsp3) is 0.444. The number of nitrogens with one attached hydrogen (secondary N) is 1. The van der Waals surface area contributed by atoms with Crippen molar-refractivity contribution in [1.29, 1.82) is 0 Å². The Morgan fingerprint density at radius 1 is 1.05 bits per heavy atom. The minimum Gasteiger partial charge on any atom is -0.357 e. The number of carbonyl (C=O) groups is 1. The van der Waals surface area contributed by atoms with Crippen molar-refractivity contribution in [3.8, 4) is 0 Å². The SMILES string of the molecule is O=C(NC1CC1)C1CCN(c2ccc3ccccc3n2)CC1. The number of fused-ring (bicyclic) bond motifs is 1. The Labute approximate surface area is 130 Å². The van der Waals surface area contributed by atoms with Crippen molar-refractivity contribution in [2.45, 2.75) is 31.7 Å². The maximum absolute atomic E-state index is 12.1. The van der Waals surface area contributed by atoms with E-state index in [2.05, 4.69) is 34.5 Å². The summed E-state index contributed by atoms with van der Waals surface area (Å²) in [5, 5.41) is 4.30. The Hall–Kier alpha value is -2.10. The van der Waals surface area contributed by atoms with Crippen molar-refractivity contribution in [2.75, 3.05) is 18.0 Å². The van der Waals surface area contributed by atoms with Crippen LogP contribution in [0.15, 0.2) is 36.4 Å². The molecule has 0 radical (unpaired) electrons. The highest BCUT2D eigenvalue weighted by Crippen LogP contribution is 2.25. The van der Waals surface area contributed by atoms with E-state index in [1.165, 1.54) is 5.39 Å². The Balaban J connectivity index is 1.42. The first-order valence-corrected chi connectivity index (χ1v) is 8.21. The smallest absolute Gasteiger partial charge is 0.223 e. The van der Waals surface area contributed by atoms with Gasteiger partial charge in [0.2, 0.25) is 5.91 Å². The molecule has 0 unspecified atom stereocenters. The molecule has 114 valence electrons. The van der Waals surface area contributed by atoms with Crippen molar-refractivity contribution in [2.24, 2.45) is 5.92 Å². The number of benzene rings is 1. The molecule has 22 heavy (non-hydrogen) atoms. The first kappa shape index (κ1) is 13.6. The zero-order valence-corrected chi connectivity index (χ0v) is 12.7. The minimum atomic E-state index is 0.178. The normalized spacial score (nSPS) is 19.4. The lowest BCUT2D eigenvalue weighted by atomic mass is 9.96. The van der Waals surface area contributed by atoms with Gasteiger partial charge in [-0.2, -0.15) is 0 Å². The molecule has 2 fully saturated rings. The van der Waals surface area contributed by atoms with Gasteiger partial charge in [0, 0.05) is 30.4 Å². The van der Waals surface area contributed by atoms with Crippen LogP contribution < -0.4 is 10.2 Å². The summed E-state index contributed by atoms with van der Waals surface area (Å²) in [7, 11) is 0. The quantitative estimate of drug-likeness (QED) is 0.947. The second-order valence-electron chi connectivity index (χ2n) is 6.41. The van der Waals surface area contributed by atoms with E-state index in [9.17, 15) is 4.79 Å². The maximum atomic E-state index is 12.1. The zero-order valence-electron chi connectivity index (χ0n) is 12.7. The number of amides is 1. The topological polar surface area (TPSA) is 45.2 Å². The molecule has 1 saturated carbocycles. The van der Waals surface area contributed by atoms with Gasteiger partial charge in [-0.3, -0.25) is 4.79 Å². The third-order valence-corrected chi connectivity index (χ3v) is 4.70. The standard InChI is InChI=1S/C18H21N3O/c22-18(19-15-6-7-15)14-9-11-21(12-10-14)17-8-5-13-3-1-2-4-16(13)20-17/h1-5,8,14-15H,6-7,9-12H2,(H,19,22). The molecule has 2 aromatic rings. The first-order chi connectivity index (χ1) is 10.8. The number of anilines is 1. The lowest BCUT2D eigenvalue weighted by molar-refractivity contribution is -0.125. The summed E-state index contributed by atoms with van der Waals surface area (Å²) < 4.78 is 0. The highest BCUT2D eigenvalue weighted by Gasteiger charge is 2.30. The average molecular weight is 295 g/mol. The lowest BCUT2D eigenvalue weighted by Crippen LogP contribution is -2.41. The number of aromatic nitrogens is 1. The van der Waals surface area contributed by atoms with Gasteiger partial charge in [-0.15, -0.1) is 0 Å². The molecule has 1 aromatic heterocycles. The summed E-state index contributed by atoms with van der Waals surface area (Å²) in [6.07, 6.45) is 4.16. The minimum absolute atomic E-state index is 0.178. The fourth-order valence-corrected chi connectivity index (χ4v) is 3.15. The average Bonchev–Trinajstić information content (AvgIpc) is 3.38. The number of hydrogen-bond donors (Lipinski definition) is 1. The van der Waals surface area contributed by atoms with Crippen LogP contribution in [0.3, 0.4) is 0 Å². The van der Waals surface area contributed by atoms with Crippen LogP contribution in [0.5, 0.6) is 0 Å². The van der Waals surface area contributed by atoms with Crippen molar-refractivity contribution < 1.29 is 4.79 Å². The van der Waals surface area contributed by atoms with Crippen LogP contribution in [0.25, 0.3) is 10.9 Å². The van der Waals surface area contributed by atoms with Crippen LogP contribution in [0.4, 0.5) is 5.82 Å². The summed E-state index contributed by atoms with van der Waals surface area (Å²) in [5.41, 5.74) is 1.04. The monoisotopic (exact) mass is 295 g/mol. The number of nitrogens with zero attached hydrogens (tertiary/aromatic N) is 2. The number of hydrogen-bond acceptors (Lipinski definition) is 3. The molecule has 1 amide bonds. The Morgan fingerprint density at radius 3 is 2.59 bits per heavy atom. The Kier molecular flexibility index (Phi) is 3.45. The van der Waals surface area contributed by atoms with E-state index in [0.29, 0.717) is 6.04 Å². The largest absolute Gasteiger partial charge is 0.357 e. The molecule has 4 rings (SSSR count). The molecule has 2 heterocycles. The van der Waals surface area contributed by atoms with E-state index in [1.54, 1.807) is 0 Å². The summed E-state index contributed by atoms with van der Waals surface area (Å²) >= 11 is 0. The molecule has 4 heteroatoms. The maximum Gasteiger partial charge on any atom is 0.223 e. The van der Waals surface area contributed by atoms with Gasteiger partial charge in [0.1, 0.15) is 5.82 Å². The second-order valence-corrected chi connectivity index (χ2v) is 6.41. The molecule has 1 N–H and O–H groups in total. The Morgan fingerprint density at radius 2 is 1.82 bits per heavy atom. The number of carbonyl (C=O) groups excluding carboxylic acids is 1. The van der Waals surface area contributed by atoms with Gasteiger partial charge in [-0.25, -0.2) is 4.98 Å². The molecule has 1 aliphatic carbocycles. The highest BCUT2D eigenvalue weighted by molar-refractivity contribution is 5.81. The van der Waals surface area contributed by atoms with E-state index in [4.69, 9.17) is 4.98 Å². The van der Waals surface area contributed by atoms with Gasteiger partial charge in [0.15, 0.2) is 0 Å². The van der Waals surface area contributed by atoms with Crippen LogP contribution in [0.2, 0.25) is 0 Å². The van der Waals surface area contributed by atoms with E-state index >= 15 is 0 Å². The molecule has 4 nitrogen and oxygen atoms in total. The van der Waals surface area contributed by atoms with Gasteiger partial charge in [0.25, 0.3) is 0 Å².